The molecule has 4 N–H and O–H groups in total. The molecule has 0 aromatic carbocycles. The van der Waals surface area contributed by atoms with Crippen molar-refractivity contribution in [3.05, 3.63) is 0 Å². The zero-order valence-electron chi connectivity index (χ0n) is 10.2. The highest BCUT2D eigenvalue weighted by atomic mass is 32.2. The molecular formula is C10H15F3N2O4S. The second kappa shape index (κ2) is 6.06. The van der Waals surface area contributed by atoms with E-state index in [-0.39, 0.29) is 13.2 Å². The molecule has 0 aliphatic carbocycles. The minimum atomic E-state index is -4.48. The summed E-state index contributed by atoms with van der Waals surface area (Å²) in [6.07, 6.45) is -10.3. The molecule has 116 valence electrons. The molecule has 2 aliphatic heterocycles. The lowest BCUT2D eigenvalue weighted by atomic mass is 9.96. The van der Waals surface area contributed by atoms with Crippen LogP contribution in [0.3, 0.4) is 0 Å². The molecule has 0 bridgehead atoms. The van der Waals surface area contributed by atoms with Crippen LogP contribution in [-0.2, 0) is 4.74 Å². The average molecular weight is 316 g/mol. The Morgan fingerprint density at radius 3 is 2.60 bits per heavy atom. The highest BCUT2D eigenvalue weighted by molar-refractivity contribution is 8.14. The number of fused-ring (bicyclic) bond motifs is 1. The molecule has 0 amide bonds. The van der Waals surface area contributed by atoms with Gasteiger partial charge in [0.25, 0.3) is 0 Å². The summed E-state index contributed by atoms with van der Waals surface area (Å²) >= 11 is 1.04. The standard InChI is InChI=1S/C10H15F3N2O4S/c11-10(12,13)3-4-6(17)7(18)5-8(19-4)20-9(15-5)14-1-2-16/h4-8,16-18H,1-3H2,(H,14,15). The number of rotatable bonds is 3. The minimum Gasteiger partial charge on any atom is -0.394 e. The number of ether oxygens (including phenoxy) is 1. The number of amidine groups is 1. The van der Waals surface area contributed by atoms with Gasteiger partial charge in [-0.15, -0.1) is 0 Å². The molecule has 20 heavy (non-hydrogen) atoms. The van der Waals surface area contributed by atoms with Crippen LogP contribution >= 0.6 is 11.8 Å². The minimum absolute atomic E-state index is 0.138. The largest absolute Gasteiger partial charge is 0.394 e. The third-order valence-electron chi connectivity index (χ3n) is 3.01. The van der Waals surface area contributed by atoms with Crippen molar-refractivity contribution in [1.29, 1.82) is 0 Å². The molecule has 0 radical (unpaired) electrons. The predicted octanol–water partition coefficient (Wildman–Crippen LogP) is -0.561. The highest BCUT2D eigenvalue weighted by Gasteiger charge is 2.51. The quantitative estimate of drug-likeness (QED) is 0.558. The highest BCUT2D eigenvalue weighted by Crippen LogP contribution is 2.37. The summed E-state index contributed by atoms with van der Waals surface area (Å²) < 4.78 is 42.3. The van der Waals surface area contributed by atoms with Gasteiger partial charge >= 0.3 is 6.18 Å². The number of thioether (sulfide) groups is 1. The van der Waals surface area contributed by atoms with E-state index in [0.717, 1.165) is 11.8 Å². The Morgan fingerprint density at radius 1 is 1.30 bits per heavy atom. The van der Waals surface area contributed by atoms with Crippen LogP contribution in [0.15, 0.2) is 4.99 Å². The van der Waals surface area contributed by atoms with Crippen molar-refractivity contribution >= 4 is 16.9 Å². The molecule has 0 aromatic rings. The van der Waals surface area contributed by atoms with Crippen molar-refractivity contribution < 1.29 is 33.2 Å². The van der Waals surface area contributed by atoms with Crippen molar-refractivity contribution in [3.8, 4) is 0 Å². The number of hydrogen-bond acceptors (Lipinski definition) is 6. The number of nitrogens with zero attached hydrogens (tertiary/aromatic N) is 1. The van der Waals surface area contributed by atoms with Gasteiger partial charge in [-0.1, -0.05) is 11.8 Å². The third kappa shape index (κ3) is 3.55. The topological polar surface area (TPSA) is 94.3 Å². The van der Waals surface area contributed by atoms with Gasteiger partial charge in [0.1, 0.15) is 17.6 Å². The average Bonchev–Trinajstić information content (AvgIpc) is 2.74. The molecule has 2 rings (SSSR count). The number of aliphatic imine (C=N–C) groups is 1. The van der Waals surface area contributed by atoms with Crippen LogP contribution in [0.5, 0.6) is 0 Å². The fourth-order valence-corrected chi connectivity index (χ4v) is 3.27. The van der Waals surface area contributed by atoms with E-state index >= 15 is 0 Å². The molecule has 5 atom stereocenters. The van der Waals surface area contributed by atoms with Crippen LogP contribution in [-0.4, -0.2) is 69.6 Å². The number of nitrogens with one attached hydrogen (secondary N) is 1. The van der Waals surface area contributed by atoms with E-state index in [1.54, 1.807) is 0 Å². The lowest BCUT2D eigenvalue weighted by molar-refractivity contribution is -0.211. The van der Waals surface area contributed by atoms with E-state index in [1.165, 1.54) is 0 Å². The first-order valence-electron chi connectivity index (χ1n) is 5.98. The van der Waals surface area contributed by atoms with E-state index in [1.807, 2.05) is 0 Å². The van der Waals surface area contributed by atoms with Gasteiger partial charge in [-0.05, 0) is 0 Å². The van der Waals surface area contributed by atoms with Gasteiger partial charge in [0.15, 0.2) is 5.17 Å². The third-order valence-corrected chi connectivity index (χ3v) is 4.11. The molecule has 10 heteroatoms. The van der Waals surface area contributed by atoms with Gasteiger partial charge in [-0.2, -0.15) is 13.2 Å². The Kier molecular flexibility index (Phi) is 4.80. The monoisotopic (exact) mass is 316 g/mol. The molecule has 6 nitrogen and oxygen atoms in total. The lowest BCUT2D eigenvalue weighted by Crippen LogP contribution is -2.59. The van der Waals surface area contributed by atoms with E-state index < -0.39 is 42.4 Å². The summed E-state index contributed by atoms with van der Waals surface area (Å²) in [5, 5.41) is 31.4. The van der Waals surface area contributed by atoms with Gasteiger partial charge in [0.05, 0.1) is 31.7 Å². The molecule has 2 heterocycles. The first kappa shape index (κ1) is 15.8. The van der Waals surface area contributed by atoms with Crippen LogP contribution in [0.1, 0.15) is 6.42 Å². The van der Waals surface area contributed by atoms with Crippen LogP contribution in [0.4, 0.5) is 13.2 Å². The number of aliphatic hydroxyl groups is 3. The summed E-state index contributed by atoms with van der Waals surface area (Å²) in [6.45, 7) is -0.0246. The second-order valence-corrected chi connectivity index (χ2v) is 5.63. The SMILES string of the molecule is OCCN=C1NC2C(OC(CC(F)(F)F)C(O)C2O)S1. The molecule has 0 spiro atoms. The van der Waals surface area contributed by atoms with Gasteiger partial charge in [-0.25, -0.2) is 0 Å². The maximum absolute atomic E-state index is 12.4. The van der Waals surface area contributed by atoms with Crippen molar-refractivity contribution in [2.24, 2.45) is 4.99 Å². The maximum atomic E-state index is 12.4. The van der Waals surface area contributed by atoms with E-state index in [4.69, 9.17) is 9.84 Å². The second-order valence-electron chi connectivity index (χ2n) is 4.54. The zero-order chi connectivity index (χ0) is 14.9. The molecule has 0 saturated carbocycles. The summed E-state index contributed by atoms with van der Waals surface area (Å²) in [5.41, 5.74) is -0.752. The first-order valence-corrected chi connectivity index (χ1v) is 6.86. The number of alkyl halides is 3. The van der Waals surface area contributed by atoms with Crippen molar-refractivity contribution in [2.45, 2.75) is 42.4 Å². The molecule has 2 aliphatic rings. The molecule has 2 fully saturated rings. The van der Waals surface area contributed by atoms with Gasteiger partial charge in [-0.3, -0.25) is 4.99 Å². The van der Waals surface area contributed by atoms with E-state index in [0.29, 0.717) is 5.17 Å². The number of halogens is 3. The molecule has 2 saturated heterocycles. The Labute approximate surface area is 117 Å². The molecule has 5 unspecified atom stereocenters. The number of hydrogen-bond donors (Lipinski definition) is 4. The fourth-order valence-electron chi connectivity index (χ4n) is 2.10. The normalized spacial score (nSPS) is 39.7. The Balaban J connectivity index is 2.05. The zero-order valence-corrected chi connectivity index (χ0v) is 11.1. The first-order chi connectivity index (χ1) is 9.31. The van der Waals surface area contributed by atoms with Crippen LogP contribution < -0.4 is 5.32 Å². The summed E-state index contributed by atoms with van der Waals surface area (Å²) in [5.74, 6) is 0. The van der Waals surface area contributed by atoms with Crippen LogP contribution in [0, 0.1) is 0 Å². The van der Waals surface area contributed by atoms with Gasteiger partial charge < -0.3 is 25.4 Å². The Hall–Kier alpha value is -0.550. The number of aliphatic hydroxyl groups excluding tert-OH is 3. The van der Waals surface area contributed by atoms with Gasteiger partial charge in [0, 0.05) is 0 Å². The molecule has 0 aromatic heterocycles. The Morgan fingerprint density at radius 2 is 2.00 bits per heavy atom. The van der Waals surface area contributed by atoms with Crippen LogP contribution in [0.2, 0.25) is 0 Å². The van der Waals surface area contributed by atoms with Crippen molar-refractivity contribution in [1.82, 2.24) is 5.32 Å². The summed E-state index contributed by atoms with van der Waals surface area (Å²) in [4.78, 5) is 3.95. The lowest BCUT2D eigenvalue weighted by Gasteiger charge is -2.39. The van der Waals surface area contributed by atoms with E-state index in [2.05, 4.69) is 10.3 Å². The van der Waals surface area contributed by atoms with E-state index in [9.17, 15) is 23.4 Å². The summed E-state index contributed by atoms with van der Waals surface area (Å²) in [7, 11) is 0. The smallest absolute Gasteiger partial charge is 0.391 e. The van der Waals surface area contributed by atoms with Gasteiger partial charge in [0.2, 0.25) is 0 Å². The Bertz CT molecular complexity index is 382. The van der Waals surface area contributed by atoms with Crippen molar-refractivity contribution in [3.63, 3.8) is 0 Å². The predicted molar refractivity (Wildman–Crippen MR) is 65.2 cm³/mol. The fraction of sp³-hybridized carbons (Fsp3) is 0.900. The van der Waals surface area contributed by atoms with Crippen molar-refractivity contribution in [2.75, 3.05) is 13.2 Å². The van der Waals surface area contributed by atoms with Crippen LogP contribution in [0.25, 0.3) is 0 Å². The summed E-state index contributed by atoms with van der Waals surface area (Å²) in [6, 6.07) is -0.725. The molecular weight excluding hydrogens is 301 g/mol. The maximum Gasteiger partial charge on any atom is 0.391 e.